The van der Waals surface area contributed by atoms with Gasteiger partial charge in [-0.25, -0.2) is 0 Å². The number of benzene rings is 1. The van der Waals surface area contributed by atoms with Gasteiger partial charge in [0.2, 0.25) is 0 Å². The number of rotatable bonds is 5. The van der Waals surface area contributed by atoms with E-state index in [9.17, 15) is 14.9 Å². The molecule has 0 saturated heterocycles. The van der Waals surface area contributed by atoms with Crippen molar-refractivity contribution < 1.29 is 9.72 Å². The highest BCUT2D eigenvalue weighted by Crippen LogP contribution is 2.24. The molecule has 2 rings (SSSR count). The Balaban J connectivity index is 2.02. The van der Waals surface area contributed by atoms with Crippen molar-refractivity contribution in [2.75, 3.05) is 12.3 Å². The Morgan fingerprint density at radius 3 is 2.90 bits per heavy atom. The molecular formula is C12H13N5O3. The Kier molecular flexibility index (Phi) is 3.94. The lowest BCUT2D eigenvalue weighted by Crippen LogP contribution is -2.28. The molecule has 0 aliphatic heterocycles. The molecule has 0 atom stereocenters. The van der Waals surface area contributed by atoms with Gasteiger partial charge in [0.15, 0.2) is 0 Å². The lowest BCUT2D eigenvalue weighted by atomic mass is 10.1. The zero-order valence-electron chi connectivity index (χ0n) is 10.5. The molecule has 8 nitrogen and oxygen atoms in total. The number of amides is 1. The minimum Gasteiger partial charge on any atom is -0.393 e. The number of aromatic nitrogens is 2. The fraction of sp³-hybridized carbons (Fsp3) is 0.167. The van der Waals surface area contributed by atoms with Gasteiger partial charge >= 0.3 is 0 Å². The first-order chi connectivity index (χ1) is 9.59. The molecule has 0 unspecified atom stereocenters. The number of hydrogen-bond acceptors (Lipinski definition) is 5. The van der Waals surface area contributed by atoms with Crippen LogP contribution in [0.3, 0.4) is 0 Å². The molecule has 2 aromatic rings. The predicted octanol–water partition coefficient (Wildman–Crippen LogP) is 0.803. The van der Waals surface area contributed by atoms with Gasteiger partial charge in [0.1, 0.15) is 5.69 Å². The third-order valence-corrected chi connectivity index (χ3v) is 2.71. The molecule has 104 valence electrons. The Hall–Kier alpha value is -2.90. The maximum absolute atomic E-state index is 11.9. The van der Waals surface area contributed by atoms with Crippen LogP contribution >= 0.6 is 0 Å². The summed E-state index contributed by atoms with van der Waals surface area (Å²) < 4.78 is 1.66. The van der Waals surface area contributed by atoms with Gasteiger partial charge in [0.25, 0.3) is 11.6 Å². The number of nitrogens with zero attached hydrogens (tertiary/aromatic N) is 3. The normalized spacial score (nSPS) is 10.2. The van der Waals surface area contributed by atoms with Crippen LogP contribution in [-0.2, 0) is 6.54 Å². The fourth-order valence-electron chi connectivity index (χ4n) is 1.72. The molecule has 1 aromatic carbocycles. The Morgan fingerprint density at radius 2 is 2.25 bits per heavy atom. The van der Waals surface area contributed by atoms with Crippen molar-refractivity contribution >= 4 is 17.3 Å². The number of nitrogens with two attached hydrogens (primary N) is 1. The lowest BCUT2D eigenvalue weighted by molar-refractivity contribution is -0.383. The van der Waals surface area contributed by atoms with Gasteiger partial charge in [-0.3, -0.25) is 19.6 Å². The van der Waals surface area contributed by atoms with Gasteiger partial charge in [0, 0.05) is 25.0 Å². The van der Waals surface area contributed by atoms with Crippen molar-refractivity contribution in [1.82, 2.24) is 15.1 Å². The average Bonchev–Trinajstić information content (AvgIpc) is 2.91. The van der Waals surface area contributed by atoms with Gasteiger partial charge in [-0.05, 0) is 12.1 Å². The van der Waals surface area contributed by atoms with Crippen LogP contribution < -0.4 is 11.1 Å². The summed E-state index contributed by atoms with van der Waals surface area (Å²) in [6.07, 6.45) is 3.41. The summed E-state index contributed by atoms with van der Waals surface area (Å²) in [5.74, 6) is -0.446. The van der Waals surface area contributed by atoms with Gasteiger partial charge in [0.05, 0.1) is 17.0 Å². The predicted molar refractivity (Wildman–Crippen MR) is 72.1 cm³/mol. The molecule has 1 amide bonds. The Labute approximate surface area is 114 Å². The molecule has 20 heavy (non-hydrogen) atoms. The summed E-state index contributed by atoms with van der Waals surface area (Å²) in [5.41, 5.74) is 5.32. The molecule has 0 bridgehead atoms. The number of para-hydroxylation sites is 1. The van der Waals surface area contributed by atoms with E-state index < -0.39 is 10.8 Å². The molecular weight excluding hydrogens is 262 g/mol. The SMILES string of the molecule is Nc1c(C(=O)NCCn2cccn2)cccc1[N+](=O)[O-]. The minimum atomic E-state index is -0.615. The quantitative estimate of drug-likeness (QED) is 0.475. The smallest absolute Gasteiger partial charge is 0.292 e. The van der Waals surface area contributed by atoms with Crippen molar-refractivity contribution in [3.8, 4) is 0 Å². The van der Waals surface area contributed by atoms with Crippen LogP contribution in [0.5, 0.6) is 0 Å². The third-order valence-electron chi connectivity index (χ3n) is 2.71. The molecule has 3 N–H and O–H groups in total. The van der Waals surface area contributed by atoms with Crippen LogP contribution in [0.4, 0.5) is 11.4 Å². The van der Waals surface area contributed by atoms with E-state index in [0.717, 1.165) is 0 Å². The van der Waals surface area contributed by atoms with Crippen molar-refractivity contribution in [3.63, 3.8) is 0 Å². The van der Waals surface area contributed by atoms with Gasteiger partial charge in [-0.1, -0.05) is 6.07 Å². The first-order valence-electron chi connectivity index (χ1n) is 5.88. The molecule has 0 aliphatic carbocycles. The maximum Gasteiger partial charge on any atom is 0.292 e. The number of nitro benzene ring substituents is 1. The summed E-state index contributed by atoms with van der Waals surface area (Å²) >= 11 is 0. The molecule has 0 spiro atoms. The van der Waals surface area contributed by atoms with Crippen LogP contribution in [0, 0.1) is 10.1 Å². The van der Waals surface area contributed by atoms with Crippen molar-refractivity contribution in [2.45, 2.75) is 6.54 Å². The van der Waals surface area contributed by atoms with E-state index in [4.69, 9.17) is 5.73 Å². The topological polar surface area (TPSA) is 116 Å². The van der Waals surface area contributed by atoms with E-state index in [1.54, 1.807) is 23.1 Å². The van der Waals surface area contributed by atoms with Crippen LogP contribution in [0.15, 0.2) is 36.7 Å². The largest absolute Gasteiger partial charge is 0.393 e. The standard InChI is InChI=1S/C12H13N5O3/c13-11-9(3-1-4-10(11)17(19)20)12(18)14-6-8-16-7-2-5-15-16/h1-5,7H,6,8,13H2,(H,14,18). The summed E-state index contributed by atoms with van der Waals surface area (Å²) in [5, 5.41) is 17.4. The number of nitrogens with one attached hydrogen (secondary N) is 1. The summed E-state index contributed by atoms with van der Waals surface area (Å²) in [6.45, 7) is 0.857. The van der Waals surface area contributed by atoms with Crippen LogP contribution in [-0.4, -0.2) is 27.2 Å². The van der Waals surface area contributed by atoms with E-state index in [0.29, 0.717) is 13.1 Å². The molecule has 0 radical (unpaired) electrons. The van der Waals surface area contributed by atoms with E-state index >= 15 is 0 Å². The van der Waals surface area contributed by atoms with E-state index in [1.807, 2.05) is 0 Å². The number of hydrogen-bond donors (Lipinski definition) is 2. The second-order valence-electron chi connectivity index (χ2n) is 4.02. The highest BCUT2D eigenvalue weighted by atomic mass is 16.6. The zero-order chi connectivity index (χ0) is 14.5. The second-order valence-corrected chi connectivity index (χ2v) is 4.02. The van der Waals surface area contributed by atoms with Gasteiger partial charge in [-0.15, -0.1) is 0 Å². The summed E-state index contributed by atoms with van der Waals surface area (Å²) in [6, 6.07) is 5.92. The zero-order valence-corrected chi connectivity index (χ0v) is 10.5. The van der Waals surface area contributed by atoms with Crippen molar-refractivity contribution in [3.05, 3.63) is 52.3 Å². The molecule has 8 heteroatoms. The first-order valence-corrected chi connectivity index (χ1v) is 5.88. The van der Waals surface area contributed by atoms with Crippen LogP contribution in [0.1, 0.15) is 10.4 Å². The van der Waals surface area contributed by atoms with Gasteiger partial charge in [-0.2, -0.15) is 5.10 Å². The first kappa shape index (κ1) is 13.5. The molecule has 1 heterocycles. The van der Waals surface area contributed by atoms with E-state index in [-0.39, 0.29) is 16.9 Å². The highest BCUT2D eigenvalue weighted by molar-refractivity contribution is 6.00. The third kappa shape index (κ3) is 2.91. The summed E-state index contributed by atoms with van der Waals surface area (Å²) in [7, 11) is 0. The molecule has 0 fully saturated rings. The van der Waals surface area contributed by atoms with Crippen LogP contribution in [0.2, 0.25) is 0 Å². The summed E-state index contributed by atoms with van der Waals surface area (Å²) in [4.78, 5) is 22.1. The molecule has 1 aromatic heterocycles. The molecule has 0 aliphatic rings. The Bertz CT molecular complexity index is 624. The van der Waals surface area contributed by atoms with E-state index in [1.165, 1.54) is 18.2 Å². The van der Waals surface area contributed by atoms with Gasteiger partial charge < -0.3 is 11.1 Å². The minimum absolute atomic E-state index is 0.0969. The maximum atomic E-state index is 11.9. The van der Waals surface area contributed by atoms with E-state index in [2.05, 4.69) is 10.4 Å². The van der Waals surface area contributed by atoms with Crippen LogP contribution in [0.25, 0.3) is 0 Å². The second kappa shape index (κ2) is 5.83. The van der Waals surface area contributed by atoms with Crippen molar-refractivity contribution in [1.29, 1.82) is 0 Å². The highest BCUT2D eigenvalue weighted by Gasteiger charge is 2.18. The number of nitro groups is 1. The van der Waals surface area contributed by atoms with Crippen molar-refractivity contribution in [2.24, 2.45) is 0 Å². The average molecular weight is 275 g/mol. The number of carbonyl (C=O) groups excluding carboxylic acids is 1. The number of carbonyl (C=O) groups is 1. The molecule has 0 saturated carbocycles. The number of nitrogen functional groups attached to an aromatic ring is 1. The fourth-order valence-corrected chi connectivity index (χ4v) is 1.72. The Morgan fingerprint density at radius 1 is 1.45 bits per heavy atom. The lowest BCUT2D eigenvalue weighted by Gasteiger charge is -2.07. The number of anilines is 1. The monoisotopic (exact) mass is 275 g/mol.